The van der Waals surface area contributed by atoms with Crippen molar-refractivity contribution in [2.24, 2.45) is 0 Å². The Balaban J connectivity index is 1.77. The molecular formula is C12H18N4O2. The Hall–Kier alpha value is -1.40. The van der Waals surface area contributed by atoms with Gasteiger partial charge in [-0.15, -0.1) is 0 Å². The summed E-state index contributed by atoms with van der Waals surface area (Å²) in [4.78, 5) is 14.1. The molecule has 2 aliphatic rings. The zero-order valence-corrected chi connectivity index (χ0v) is 10.4. The zero-order chi connectivity index (χ0) is 12.4. The topological polar surface area (TPSA) is 59.4 Å². The van der Waals surface area contributed by atoms with Crippen molar-refractivity contribution in [3.05, 3.63) is 17.5 Å². The van der Waals surface area contributed by atoms with E-state index >= 15 is 0 Å². The molecule has 6 heteroatoms. The van der Waals surface area contributed by atoms with E-state index in [0.717, 1.165) is 31.7 Å². The molecular weight excluding hydrogens is 232 g/mol. The highest BCUT2D eigenvalue weighted by molar-refractivity contribution is 5.92. The number of nitrogens with one attached hydrogen (secondary N) is 1. The van der Waals surface area contributed by atoms with Crippen LogP contribution in [0.1, 0.15) is 22.6 Å². The molecule has 1 N–H and O–H groups in total. The van der Waals surface area contributed by atoms with E-state index in [0.29, 0.717) is 32.0 Å². The monoisotopic (exact) mass is 250 g/mol. The molecule has 0 unspecified atom stereocenters. The normalized spacial score (nSPS) is 20.3. The van der Waals surface area contributed by atoms with Gasteiger partial charge in [-0.3, -0.25) is 9.48 Å². The summed E-state index contributed by atoms with van der Waals surface area (Å²) in [6, 6.07) is 1.91. The van der Waals surface area contributed by atoms with Gasteiger partial charge in [-0.25, -0.2) is 0 Å². The van der Waals surface area contributed by atoms with Crippen molar-refractivity contribution in [3.63, 3.8) is 0 Å². The highest BCUT2D eigenvalue weighted by Crippen LogP contribution is 2.11. The van der Waals surface area contributed by atoms with Gasteiger partial charge in [0.05, 0.1) is 18.9 Å². The van der Waals surface area contributed by atoms with Gasteiger partial charge in [0.15, 0.2) is 5.69 Å². The quantitative estimate of drug-likeness (QED) is 0.753. The third-order valence-corrected chi connectivity index (χ3v) is 3.41. The summed E-state index contributed by atoms with van der Waals surface area (Å²) in [6.07, 6.45) is 1.06. The maximum absolute atomic E-state index is 12.3. The maximum Gasteiger partial charge on any atom is 0.274 e. The van der Waals surface area contributed by atoms with Gasteiger partial charge < -0.3 is 15.0 Å². The predicted octanol–water partition coefficient (Wildman–Crippen LogP) is -0.151. The Bertz CT molecular complexity index is 414. The number of morpholine rings is 1. The minimum atomic E-state index is 0.0267. The highest BCUT2D eigenvalue weighted by atomic mass is 16.5. The fraction of sp³-hybridized carbons (Fsp3) is 0.667. The minimum Gasteiger partial charge on any atom is -0.378 e. The van der Waals surface area contributed by atoms with Crippen molar-refractivity contribution < 1.29 is 9.53 Å². The van der Waals surface area contributed by atoms with Gasteiger partial charge in [-0.2, -0.15) is 5.10 Å². The van der Waals surface area contributed by atoms with Crippen molar-refractivity contribution in [2.75, 3.05) is 32.8 Å². The Morgan fingerprint density at radius 3 is 3.00 bits per heavy atom. The van der Waals surface area contributed by atoms with Crippen LogP contribution >= 0.6 is 0 Å². The number of aromatic nitrogens is 2. The van der Waals surface area contributed by atoms with Gasteiger partial charge in [0.25, 0.3) is 5.91 Å². The predicted molar refractivity (Wildman–Crippen MR) is 65.3 cm³/mol. The number of carbonyl (C=O) groups excluding carboxylic acids is 1. The van der Waals surface area contributed by atoms with Crippen molar-refractivity contribution in [2.45, 2.75) is 19.5 Å². The first-order valence-electron chi connectivity index (χ1n) is 6.49. The molecule has 1 fully saturated rings. The van der Waals surface area contributed by atoms with E-state index in [2.05, 4.69) is 10.4 Å². The van der Waals surface area contributed by atoms with Crippen molar-refractivity contribution >= 4 is 5.91 Å². The second kappa shape index (κ2) is 5.07. The molecule has 18 heavy (non-hydrogen) atoms. The molecule has 0 atom stereocenters. The molecule has 0 bridgehead atoms. The lowest BCUT2D eigenvalue weighted by Gasteiger charge is -2.25. The summed E-state index contributed by atoms with van der Waals surface area (Å²) in [5, 5.41) is 7.76. The second-order valence-corrected chi connectivity index (χ2v) is 4.68. The summed E-state index contributed by atoms with van der Waals surface area (Å²) in [7, 11) is 0. The van der Waals surface area contributed by atoms with Gasteiger partial charge in [0.1, 0.15) is 0 Å². The van der Waals surface area contributed by atoms with Gasteiger partial charge in [0, 0.05) is 26.2 Å². The number of hydrogen-bond acceptors (Lipinski definition) is 4. The van der Waals surface area contributed by atoms with Gasteiger partial charge in [-0.1, -0.05) is 0 Å². The standard InChI is InChI=1S/C12H18N4O2/c17-12(15-4-6-18-7-5-15)11-8-10-9-13-2-1-3-16(10)14-11/h8,13H,1-7,9H2. The van der Waals surface area contributed by atoms with Crippen molar-refractivity contribution in [1.82, 2.24) is 20.0 Å². The van der Waals surface area contributed by atoms with E-state index in [1.54, 1.807) is 0 Å². The summed E-state index contributed by atoms with van der Waals surface area (Å²) in [5.74, 6) is 0.0267. The number of amides is 1. The smallest absolute Gasteiger partial charge is 0.274 e. The van der Waals surface area contributed by atoms with E-state index in [9.17, 15) is 4.79 Å². The molecule has 3 heterocycles. The molecule has 0 radical (unpaired) electrons. The lowest BCUT2D eigenvalue weighted by molar-refractivity contribution is 0.0298. The van der Waals surface area contributed by atoms with Crippen LogP contribution in [0.3, 0.4) is 0 Å². The number of hydrogen-bond donors (Lipinski definition) is 1. The highest BCUT2D eigenvalue weighted by Gasteiger charge is 2.22. The molecule has 1 aromatic rings. The molecule has 0 aromatic carbocycles. The third-order valence-electron chi connectivity index (χ3n) is 3.41. The molecule has 0 saturated carbocycles. The fourth-order valence-electron chi connectivity index (χ4n) is 2.39. The molecule has 1 amide bonds. The van der Waals surface area contributed by atoms with Crippen LogP contribution in [-0.2, 0) is 17.8 Å². The molecule has 2 aliphatic heterocycles. The Morgan fingerprint density at radius 1 is 1.33 bits per heavy atom. The van der Waals surface area contributed by atoms with Crippen LogP contribution in [0.15, 0.2) is 6.07 Å². The number of nitrogens with zero attached hydrogens (tertiary/aromatic N) is 3. The Morgan fingerprint density at radius 2 is 2.17 bits per heavy atom. The third kappa shape index (κ3) is 2.26. The van der Waals surface area contributed by atoms with Crippen LogP contribution in [0.4, 0.5) is 0 Å². The Kier molecular flexibility index (Phi) is 3.29. The van der Waals surface area contributed by atoms with Crippen molar-refractivity contribution in [3.8, 4) is 0 Å². The first-order valence-corrected chi connectivity index (χ1v) is 6.49. The maximum atomic E-state index is 12.3. The van der Waals surface area contributed by atoms with E-state index in [4.69, 9.17) is 4.74 Å². The molecule has 0 aliphatic carbocycles. The molecule has 98 valence electrons. The summed E-state index contributed by atoms with van der Waals surface area (Å²) < 4.78 is 7.21. The summed E-state index contributed by atoms with van der Waals surface area (Å²) in [6.45, 7) is 5.28. The van der Waals surface area contributed by atoms with E-state index in [-0.39, 0.29) is 5.91 Å². The van der Waals surface area contributed by atoms with Crippen LogP contribution in [0, 0.1) is 0 Å². The molecule has 0 spiro atoms. The lowest BCUT2D eigenvalue weighted by Crippen LogP contribution is -2.40. The number of carbonyl (C=O) groups is 1. The molecule has 1 saturated heterocycles. The van der Waals surface area contributed by atoms with E-state index < -0.39 is 0 Å². The molecule has 6 nitrogen and oxygen atoms in total. The van der Waals surface area contributed by atoms with Crippen molar-refractivity contribution in [1.29, 1.82) is 0 Å². The number of fused-ring (bicyclic) bond motifs is 1. The van der Waals surface area contributed by atoms with Crippen LogP contribution in [0.25, 0.3) is 0 Å². The van der Waals surface area contributed by atoms with Gasteiger partial charge >= 0.3 is 0 Å². The van der Waals surface area contributed by atoms with E-state index in [1.807, 2.05) is 15.6 Å². The molecule has 3 rings (SSSR count). The number of ether oxygens (including phenoxy) is 1. The largest absolute Gasteiger partial charge is 0.378 e. The minimum absolute atomic E-state index is 0.0267. The number of aryl methyl sites for hydroxylation is 1. The number of rotatable bonds is 1. The van der Waals surface area contributed by atoms with Crippen LogP contribution < -0.4 is 5.32 Å². The summed E-state index contributed by atoms with van der Waals surface area (Å²) >= 11 is 0. The second-order valence-electron chi connectivity index (χ2n) is 4.68. The van der Waals surface area contributed by atoms with Crippen LogP contribution in [0.2, 0.25) is 0 Å². The molecule has 1 aromatic heterocycles. The van der Waals surface area contributed by atoms with E-state index in [1.165, 1.54) is 0 Å². The SMILES string of the molecule is O=C(c1cc2n(n1)CCCNC2)N1CCOCC1. The Labute approximate surface area is 106 Å². The van der Waals surface area contributed by atoms with Crippen LogP contribution in [-0.4, -0.2) is 53.4 Å². The zero-order valence-electron chi connectivity index (χ0n) is 10.4. The first kappa shape index (κ1) is 11.7. The van der Waals surface area contributed by atoms with Crippen LogP contribution in [0.5, 0.6) is 0 Å². The average Bonchev–Trinajstić information content (AvgIpc) is 2.70. The fourth-order valence-corrected chi connectivity index (χ4v) is 2.39. The summed E-state index contributed by atoms with van der Waals surface area (Å²) in [5.41, 5.74) is 1.67. The first-order chi connectivity index (χ1) is 8.84. The van der Waals surface area contributed by atoms with Gasteiger partial charge in [-0.05, 0) is 19.0 Å². The lowest BCUT2D eigenvalue weighted by atomic mass is 10.3. The average molecular weight is 250 g/mol. The van der Waals surface area contributed by atoms with Gasteiger partial charge in [0.2, 0.25) is 0 Å².